The van der Waals surface area contributed by atoms with E-state index in [1.54, 1.807) is 12.1 Å². The highest BCUT2D eigenvalue weighted by Gasteiger charge is 2.15. The molecule has 0 aromatic heterocycles. The number of hydrogen-bond acceptors (Lipinski definition) is 3. The van der Waals surface area contributed by atoms with E-state index in [1.807, 2.05) is 0 Å². The van der Waals surface area contributed by atoms with Crippen molar-refractivity contribution in [3.8, 4) is 11.5 Å². The van der Waals surface area contributed by atoms with E-state index in [2.05, 4.69) is 15.9 Å². The van der Waals surface area contributed by atoms with Gasteiger partial charge in [0.25, 0.3) is 0 Å². The van der Waals surface area contributed by atoms with E-state index in [4.69, 9.17) is 9.47 Å². The van der Waals surface area contributed by atoms with Crippen molar-refractivity contribution in [2.45, 2.75) is 6.10 Å². The molecule has 3 nitrogen and oxygen atoms in total. The highest BCUT2D eigenvalue weighted by atomic mass is 79.9. The minimum Gasteiger partial charge on any atom is -0.493 e. The summed E-state index contributed by atoms with van der Waals surface area (Å²) in [5.74, 6) is 0.988. The molecule has 1 aromatic carbocycles. The Morgan fingerprint density at radius 1 is 1.33 bits per heavy atom. The van der Waals surface area contributed by atoms with Crippen LogP contribution >= 0.6 is 15.9 Å². The van der Waals surface area contributed by atoms with Gasteiger partial charge >= 0.3 is 0 Å². The first kappa shape index (κ1) is 12.3. The van der Waals surface area contributed by atoms with E-state index in [0.717, 1.165) is 0 Å². The minimum atomic E-state index is -1.15. The largest absolute Gasteiger partial charge is 0.493 e. The average Bonchev–Trinajstić information content (AvgIpc) is 2.27. The molecule has 0 aliphatic heterocycles. The molecule has 1 atom stereocenters. The lowest BCUT2D eigenvalue weighted by Crippen LogP contribution is -2.02. The lowest BCUT2D eigenvalue weighted by molar-refractivity contribution is 0.140. The van der Waals surface area contributed by atoms with Crippen molar-refractivity contribution in [1.29, 1.82) is 0 Å². The number of benzene rings is 1. The summed E-state index contributed by atoms with van der Waals surface area (Å²) < 4.78 is 23.0. The molecular weight excluding hydrogens is 267 g/mol. The summed E-state index contributed by atoms with van der Waals surface area (Å²) in [6.45, 7) is -0.839. The van der Waals surface area contributed by atoms with E-state index in [9.17, 15) is 9.50 Å². The van der Waals surface area contributed by atoms with E-state index in [-0.39, 0.29) is 0 Å². The van der Waals surface area contributed by atoms with Gasteiger partial charge in [0.2, 0.25) is 0 Å². The van der Waals surface area contributed by atoms with Gasteiger partial charge in [-0.25, -0.2) is 4.39 Å². The van der Waals surface area contributed by atoms with Crippen molar-refractivity contribution in [1.82, 2.24) is 0 Å². The first-order valence-electron chi connectivity index (χ1n) is 4.29. The fourth-order valence-electron chi connectivity index (χ4n) is 1.21. The number of aliphatic hydroxyl groups excluding tert-OH is 1. The first-order valence-corrected chi connectivity index (χ1v) is 5.08. The van der Waals surface area contributed by atoms with Gasteiger partial charge in [-0.1, -0.05) is 15.9 Å². The van der Waals surface area contributed by atoms with Crippen LogP contribution in [0, 0.1) is 0 Å². The van der Waals surface area contributed by atoms with Crippen LogP contribution in [0.25, 0.3) is 0 Å². The molecule has 0 saturated carbocycles. The van der Waals surface area contributed by atoms with Gasteiger partial charge in [0, 0.05) is 10.0 Å². The third kappa shape index (κ3) is 2.60. The minimum absolute atomic E-state index is 0.440. The van der Waals surface area contributed by atoms with Gasteiger partial charge in [0.05, 0.1) is 14.2 Å². The van der Waals surface area contributed by atoms with Gasteiger partial charge < -0.3 is 14.6 Å². The number of ether oxygens (including phenoxy) is 2. The molecule has 0 aliphatic rings. The van der Waals surface area contributed by atoms with Crippen molar-refractivity contribution >= 4 is 15.9 Å². The number of aliphatic hydroxyl groups is 1. The van der Waals surface area contributed by atoms with Gasteiger partial charge in [0.1, 0.15) is 12.8 Å². The Morgan fingerprint density at radius 3 is 2.33 bits per heavy atom. The molecule has 1 N–H and O–H groups in total. The van der Waals surface area contributed by atoms with Crippen molar-refractivity contribution < 1.29 is 19.0 Å². The summed E-state index contributed by atoms with van der Waals surface area (Å²) in [5.41, 5.74) is 0.440. The van der Waals surface area contributed by atoms with Crippen molar-refractivity contribution in [3.63, 3.8) is 0 Å². The predicted octanol–water partition coefficient (Wildman–Crippen LogP) is 2.47. The van der Waals surface area contributed by atoms with E-state index < -0.39 is 12.8 Å². The molecule has 5 heteroatoms. The third-order valence-electron chi connectivity index (χ3n) is 2.01. The fraction of sp³-hybridized carbons (Fsp3) is 0.400. The Labute approximate surface area is 95.9 Å². The summed E-state index contributed by atoms with van der Waals surface area (Å²) in [6, 6.07) is 3.18. The van der Waals surface area contributed by atoms with Crippen LogP contribution in [0.5, 0.6) is 11.5 Å². The van der Waals surface area contributed by atoms with Gasteiger partial charge in [0.15, 0.2) is 11.5 Å². The second-order valence-corrected chi connectivity index (χ2v) is 3.75. The molecule has 1 unspecified atom stereocenters. The molecule has 0 heterocycles. The fourth-order valence-corrected chi connectivity index (χ4v) is 1.80. The zero-order valence-electron chi connectivity index (χ0n) is 8.46. The number of methoxy groups -OCH3 is 2. The third-order valence-corrected chi connectivity index (χ3v) is 2.69. The topological polar surface area (TPSA) is 38.7 Å². The van der Waals surface area contributed by atoms with Crippen molar-refractivity contribution in [2.75, 3.05) is 20.9 Å². The van der Waals surface area contributed by atoms with Crippen molar-refractivity contribution in [3.05, 3.63) is 22.2 Å². The second kappa shape index (κ2) is 5.32. The highest BCUT2D eigenvalue weighted by molar-refractivity contribution is 9.10. The van der Waals surface area contributed by atoms with Crippen LogP contribution in [-0.4, -0.2) is 26.0 Å². The Hall–Kier alpha value is -0.810. The van der Waals surface area contributed by atoms with Crippen LogP contribution in [0.3, 0.4) is 0 Å². The molecule has 1 rings (SSSR count). The zero-order valence-corrected chi connectivity index (χ0v) is 10.0. The molecule has 0 radical (unpaired) electrons. The van der Waals surface area contributed by atoms with E-state index in [0.29, 0.717) is 21.5 Å². The summed E-state index contributed by atoms with van der Waals surface area (Å²) in [6.07, 6.45) is -1.15. The van der Waals surface area contributed by atoms with Gasteiger partial charge in [-0.15, -0.1) is 0 Å². The summed E-state index contributed by atoms with van der Waals surface area (Å²) in [4.78, 5) is 0. The maximum absolute atomic E-state index is 12.3. The standard InChI is InChI=1S/C10H12BrFO3/c1-14-9-3-6(8(13)5-12)7(11)4-10(9)15-2/h3-4,8,13H,5H2,1-2H3. The summed E-state index contributed by atoms with van der Waals surface area (Å²) in [7, 11) is 2.99. The second-order valence-electron chi connectivity index (χ2n) is 2.90. The Bertz CT molecular complexity index is 344. The Balaban J connectivity index is 3.19. The lowest BCUT2D eigenvalue weighted by atomic mass is 10.1. The van der Waals surface area contributed by atoms with Crippen LogP contribution in [0.2, 0.25) is 0 Å². The molecule has 0 aliphatic carbocycles. The molecule has 0 fully saturated rings. The molecule has 0 spiro atoms. The maximum atomic E-state index is 12.3. The number of hydrogen-bond donors (Lipinski definition) is 1. The normalized spacial score (nSPS) is 12.3. The Morgan fingerprint density at radius 2 is 1.87 bits per heavy atom. The van der Waals surface area contributed by atoms with Gasteiger partial charge in [-0.2, -0.15) is 0 Å². The van der Waals surface area contributed by atoms with Crippen LogP contribution in [0.4, 0.5) is 4.39 Å². The van der Waals surface area contributed by atoms with E-state index in [1.165, 1.54) is 14.2 Å². The molecule has 0 amide bonds. The predicted molar refractivity (Wildman–Crippen MR) is 58.2 cm³/mol. The van der Waals surface area contributed by atoms with Gasteiger partial charge in [-0.3, -0.25) is 0 Å². The first-order chi connectivity index (χ1) is 7.13. The number of halogens is 2. The van der Waals surface area contributed by atoms with Crippen LogP contribution < -0.4 is 9.47 Å². The van der Waals surface area contributed by atoms with Crippen molar-refractivity contribution in [2.24, 2.45) is 0 Å². The number of rotatable bonds is 4. The van der Waals surface area contributed by atoms with Crippen LogP contribution in [-0.2, 0) is 0 Å². The summed E-state index contributed by atoms with van der Waals surface area (Å²) in [5, 5.41) is 9.39. The summed E-state index contributed by atoms with van der Waals surface area (Å²) >= 11 is 3.23. The zero-order chi connectivity index (χ0) is 11.4. The van der Waals surface area contributed by atoms with E-state index >= 15 is 0 Å². The average molecular weight is 279 g/mol. The quantitative estimate of drug-likeness (QED) is 0.920. The molecule has 0 bridgehead atoms. The van der Waals surface area contributed by atoms with Crippen LogP contribution in [0.15, 0.2) is 16.6 Å². The highest BCUT2D eigenvalue weighted by Crippen LogP contribution is 2.35. The van der Waals surface area contributed by atoms with Gasteiger partial charge in [-0.05, 0) is 12.1 Å². The molecule has 84 valence electrons. The molecule has 0 saturated heterocycles. The SMILES string of the molecule is COc1cc(Br)c(C(O)CF)cc1OC. The maximum Gasteiger partial charge on any atom is 0.161 e. The smallest absolute Gasteiger partial charge is 0.161 e. The Kier molecular flexibility index (Phi) is 4.35. The molecular formula is C10H12BrFO3. The molecule has 15 heavy (non-hydrogen) atoms. The molecule has 1 aromatic rings. The number of alkyl halides is 1. The lowest BCUT2D eigenvalue weighted by Gasteiger charge is -2.14. The van der Waals surface area contributed by atoms with Crippen LogP contribution in [0.1, 0.15) is 11.7 Å². The monoisotopic (exact) mass is 278 g/mol.